The minimum atomic E-state index is 0.782. The van der Waals surface area contributed by atoms with E-state index in [2.05, 4.69) is 9.72 Å². The molecular formula is C9H10N2O. The zero-order valence-corrected chi connectivity index (χ0v) is 6.90. The van der Waals surface area contributed by atoms with Crippen LogP contribution in [0.3, 0.4) is 0 Å². The van der Waals surface area contributed by atoms with Gasteiger partial charge in [0.15, 0.2) is 0 Å². The fourth-order valence-corrected chi connectivity index (χ4v) is 1.16. The lowest BCUT2D eigenvalue weighted by molar-refractivity contribution is 0.389. The van der Waals surface area contributed by atoms with E-state index in [1.807, 2.05) is 37.5 Å². The van der Waals surface area contributed by atoms with Crippen LogP contribution in [0.4, 0.5) is 0 Å². The summed E-state index contributed by atoms with van der Waals surface area (Å²) in [6, 6.07) is 5.93. The molecule has 2 aromatic rings. The summed E-state index contributed by atoms with van der Waals surface area (Å²) in [6.45, 7) is 2.68. The molecule has 0 N–H and O–H groups in total. The van der Waals surface area contributed by atoms with Crippen molar-refractivity contribution in [2.75, 3.05) is 0 Å². The number of aromatic nitrogens is 2. The van der Waals surface area contributed by atoms with Crippen LogP contribution in [0.1, 0.15) is 11.5 Å². The normalized spacial score (nSPS) is 10.4. The molecule has 0 radical (unpaired) electrons. The van der Waals surface area contributed by atoms with Crippen LogP contribution < -0.4 is 0 Å². The molecule has 0 bridgehead atoms. The van der Waals surface area contributed by atoms with Crippen molar-refractivity contribution in [1.82, 2.24) is 9.72 Å². The third kappa shape index (κ3) is 1.39. The number of hydrogen-bond donors (Lipinski definition) is 0. The lowest BCUT2D eigenvalue weighted by atomic mass is 10.4. The molecule has 0 spiro atoms. The van der Waals surface area contributed by atoms with E-state index >= 15 is 0 Å². The van der Waals surface area contributed by atoms with Gasteiger partial charge in [0.2, 0.25) is 0 Å². The van der Waals surface area contributed by atoms with Gasteiger partial charge in [0.05, 0.1) is 6.54 Å². The van der Waals surface area contributed by atoms with Gasteiger partial charge < -0.3 is 9.09 Å². The third-order valence-electron chi connectivity index (χ3n) is 1.69. The van der Waals surface area contributed by atoms with Crippen LogP contribution in [-0.4, -0.2) is 9.72 Å². The zero-order valence-electron chi connectivity index (χ0n) is 6.90. The number of rotatable bonds is 2. The van der Waals surface area contributed by atoms with Crippen LogP contribution >= 0.6 is 0 Å². The number of nitrogens with zero attached hydrogens (tertiary/aromatic N) is 2. The van der Waals surface area contributed by atoms with Crippen LogP contribution in [-0.2, 0) is 6.54 Å². The van der Waals surface area contributed by atoms with E-state index in [1.54, 1.807) is 0 Å². The second kappa shape index (κ2) is 2.85. The van der Waals surface area contributed by atoms with E-state index in [0.29, 0.717) is 0 Å². The summed E-state index contributed by atoms with van der Waals surface area (Å²) < 4.78 is 7.00. The van der Waals surface area contributed by atoms with E-state index in [1.165, 1.54) is 0 Å². The molecule has 3 heteroatoms. The Morgan fingerprint density at radius 3 is 2.75 bits per heavy atom. The summed E-state index contributed by atoms with van der Waals surface area (Å²) in [7, 11) is 0. The van der Waals surface area contributed by atoms with Gasteiger partial charge in [-0.15, -0.1) is 0 Å². The first-order valence-corrected chi connectivity index (χ1v) is 3.87. The fraction of sp³-hybridized carbons (Fsp3) is 0.222. The van der Waals surface area contributed by atoms with Gasteiger partial charge in [-0.25, -0.2) is 0 Å². The Balaban J connectivity index is 2.14. The van der Waals surface area contributed by atoms with Gasteiger partial charge in [-0.1, -0.05) is 5.16 Å². The van der Waals surface area contributed by atoms with Gasteiger partial charge in [-0.05, 0) is 19.1 Å². The fourth-order valence-electron chi connectivity index (χ4n) is 1.16. The first-order chi connectivity index (χ1) is 5.84. The molecule has 2 heterocycles. The van der Waals surface area contributed by atoms with Crippen molar-refractivity contribution in [1.29, 1.82) is 0 Å². The Bertz CT molecular complexity index is 348. The quantitative estimate of drug-likeness (QED) is 0.674. The molecule has 2 rings (SSSR count). The second-order valence-corrected chi connectivity index (χ2v) is 2.78. The van der Waals surface area contributed by atoms with Crippen molar-refractivity contribution in [2.45, 2.75) is 13.5 Å². The minimum absolute atomic E-state index is 0.782. The van der Waals surface area contributed by atoms with Crippen LogP contribution in [0.15, 0.2) is 35.1 Å². The molecule has 12 heavy (non-hydrogen) atoms. The topological polar surface area (TPSA) is 31.0 Å². The van der Waals surface area contributed by atoms with E-state index in [4.69, 9.17) is 4.52 Å². The molecule has 0 fully saturated rings. The van der Waals surface area contributed by atoms with Gasteiger partial charge in [-0.2, -0.15) is 0 Å². The van der Waals surface area contributed by atoms with Crippen molar-refractivity contribution in [3.63, 3.8) is 0 Å². The van der Waals surface area contributed by atoms with Crippen LogP contribution in [0.25, 0.3) is 0 Å². The number of hydrogen-bond acceptors (Lipinski definition) is 2. The molecular weight excluding hydrogens is 152 g/mol. The second-order valence-electron chi connectivity index (χ2n) is 2.78. The highest BCUT2D eigenvalue weighted by molar-refractivity contribution is 5.05. The van der Waals surface area contributed by atoms with Crippen LogP contribution in [0, 0.1) is 6.92 Å². The molecule has 0 atom stereocenters. The summed E-state index contributed by atoms with van der Waals surface area (Å²) in [4.78, 5) is 0. The monoisotopic (exact) mass is 162 g/mol. The van der Waals surface area contributed by atoms with Gasteiger partial charge in [-0.3, -0.25) is 0 Å². The van der Waals surface area contributed by atoms with Crippen molar-refractivity contribution < 1.29 is 4.52 Å². The molecule has 0 saturated heterocycles. The highest BCUT2D eigenvalue weighted by Gasteiger charge is 1.99. The average molecular weight is 162 g/mol. The highest BCUT2D eigenvalue weighted by Crippen LogP contribution is 2.03. The first-order valence-electron chi connectivity index (χ1n) is 3.87. The van der Waals surface area contributed by atoms with E-state index < -0.39 is 0 Å². The molecule has 62 valence electrons. The molecule has 0 aliphatic carbocycles. The van der Waals surface area contributed by atoms with E-state index in [-0.39, 0.29) is 0 Å². The summed E-state index contributed by atoms with van der Waals surface area (Å²) in [5, 5.41) is 3.89. The third-order valence-corrected chi connectivity index (χ3v) is 1.69. The number of aryl methyl sites for hydroxylation is 1. The predicted molar refractivity (Wildman–Crippen MR) is 44.8 cm³/mol. The summed E-state index contributed by atoms with van der Waals surface area (Å²) in [6.07, 6.45) is 4.01. The maximum absolute atomic E-state index is 4.95. The Hall–Kier alpha value is -1.51. The Labute approximate surface area is 70.6 Å². The van der Waals surface area contributed by atoms with Crippen LogP contribution in [0.5, 0.6) is 0 Å². The Morgan fingerprint density at radius 2 is 2.17 bits per heavy atom. The molecule has 0 saturated carbocycles. The van der Waals surface area contributed by atoms with Gasteiger partial charge >= 0.3 is 0 Å². The molecule has 0 amide bonds. The highest BCUT2D eigenvalue weighted by atomic mass is 16.5. The summed E-state index contributed by atoms with van der Waals surface area (Å²) >= 11 is 0. The average Bonchev–Trinajstić information content (AvgIpc) is 2.63. The molecule has 0 aromatic carbocycles. The molecule has 0 aliphatic rings. The predicted octanol–water partition coefficient (Wildman–Crippen LogP) is 1.83. The lowest BCUT2D eigenvalue weighted by Gasteiger charge is -1.95. The maximum Gasteiger partial charge on any atom is 0.133 e. The zero-order chi connectivity index (χ0) is 8.39. The maximum atomic E-state index is 4.95. The lowest BCUT2D eigenvalue weighted by Crippen LogP contribution is -1.95. The van der Waals surface area contributed by atoms with Crippen molar-refractivity contribution in [3.05, 3.63) is 42.0 Å². The largest absolute Gasteiger partial charge is 0.361 e. The molecule has 0 aliphatic heterocycles. The molecule has 0 unspecified atom stereocenters. The van der Waals surface area contributed by atoms with E-state index in [0.717, 1.165) is 18.0 Å². The summed E-state index contributed by atoms with van der Waals surface area (Å²) in [5.41, 5.74) is 0.962. The van der Waals surface area contributed by atoms with Crippen molar-refractivity contribution in [2.24, 2.45) is 0 Å². The smallest absolute Gasteiger partial charge is 0.133 e. The first kappa shape index (κ1) is 7.16. The van der Waals surface area contributed by atoms with Crippen LogP contribution in [0.2, 0.25) is 0 Å². The van der Waals surface area contributed by atoms with Gasteiger partial charge in [0.25, 0.3) is 0 Å². The van der Waals surface area contributed by atoms with E-state index in [9.17, 15) is 0 Å². The minimum Gasteiger partial charge on any atom is -0.361 e. The Kier molecular flexibility index (Phi) is 1.70. The summed E-state index contributed by atoms with van der Waals surface area (Å²) in [5.74, 6) is 0.858. The van der Waals surface area contributed by atoms with Crippen molar-refractivity contribution >= 4 is 0 Å². The van der Waals surface area contributed by atoms with Gasteiger partial charge in [0, 0.05) is 18.5 Å². The standard InChI is InChI=1S/C9H10N2O/c1-8-6-9(10-12-8)7-11-4-2-3-5-11/h2-6H,7H2,1H3. The SMILES string of the molecule is Cc1cc(Cn2cccc2)no1. The van der Waals surface area contributed by atoms with Crippen molar-refractivity contribution in [3.8, 4) is 0 Å². The molecule has 2 aromatic heterocycles. The molecule has 3 nitrogen and oxygen atoms in total. The Morgan fingerprint density at radius 1 is 1.42 bits per heavy atom. The van der Waals surface area contributed by atoms with Gasteiger partial charge in [0.1, 0.15) is 11.5 Å².